The summed E-state index contributed by atoms with van der Waals surface area (Å²) < 4.78 is 1.87. The minimum absolute atomic E-state index is 0.0416. The zero-order chi connectivity index (χ0) is 15.0. The lowest BCUT2D eigenvalue weighted by molar-refractivity contribution is 0.728. The molecule has 6 heteroatoms. The number of hydrogen-bond acceptors (Lipinski definition) is 2. The third-order valence-electron chi connectivity index (χ3n) is 3.37. The van der Waals surface area contributed by atoms with Gasteiger partial charge >= 0.3 is 0 Å². The molecule has 0 bridgehead atoms. The van der Waals surface area contributed by atoms with E-state index in [2.05, 4.69) is 17.3 Å². The first-order valence-electron chi connectivity index (χ1n) is 6.22. The number of hydrogen-bond donors (Lipinski definition) is 1. The smallest absolute Gasteiger partial charge is 0.0724 e. The Morgan fingerprint density at radius 1 is 1.15 bits per heavy atom. The molecule has 1 aromatic heterocycles. The Hall–Kier alpha value is -0.900. The molecule has 0 fully saturated rings. The fraction of sp³-hybridized carbons (Fsp3) is 0.357. The topological polar surface area (TPSA) is 29.9 Å². The summed E-state index contributed by atoms with van der Waals surface area (Å²) in [5.74, 6) is 0. The molecule has 0 saturated heterocycles. The predicted molar refractivity (Wildman–Crippen MR) is 86.2 cm³/mol. The lowest BCUT2D eigenvalue weighted by Crippen LogP contribution is -2.09. The maximum atomic E-state index is 6.20. The van der Waals surface area contributed by atoms with E-state index in [-0.39, 0.29) is 6.04 Å². The summed E-state index contributed by atoms with van der Waals surface area (Å²) in [6, 6.07) is 3.39. The van der Waals surface area contributed by atoms with E-state index in [1.165, 1.54) is 0 Å². The molecule has 1 unspecified atom stereocenters. The van der Waals surface area contributed by atoms with E-state index >= 15 is 0 Å². The second-order valence-corrected chi connectivity index (χ2v) is 6.07. The SMILES string of the molecule is Cc1nn(C)c(C)c1C(C)Nc1c(Cl)cc(Cl)cc1Cl. The van der Waals surface area contributed by atoms with Crippen LogP contribution < -0.4 is 5.32 Å². The predicted octanol–water partition coefficient (Wildman–Crippen LogP) is 5.17. The van der Waals surface area contributed by atoms with E-state index in [1.807, 2.05) is 25.6 Å². The molecule has 1 N–H and O–H groups in total. The Bertz CT molecular complexity index is 626. The van der Waals surface area contributed by atoms with E-state index in [1.54, 1.807) is 12.1 Å². The Morgan fingerprint density at radius 2 is 1.70 bits per heavy atom. The highest BCUT2D eigenvalue weighted by atomic mass is 35.5. The standard InChI is InChI=1S/C14H16Cl3N3/c1-7(13-8(2)19-20(4)9(13)3)18-14-11(16)5-10(15)6-12(14)17/h5-7,18H,1-4H3. The normalized spacial score (nSPS) is 12.6. The minimum atomic E-state index is 0.0416. The zero-order valence-corrected chi connectivity index (χ0v) is 14.0. The molecule has 0 radical (unpaired) electrons. The number of aryl methyl sites for hydroxylation is 2. The van der Waals surface area contributed by atoms with E-state index < -0.39 is 0 Å². The number of benzene rings is 1. The number of nitrogens with one attached hydrogen (secondary N) is 1. The van der Waals surface area contributed by atoms with Gasteiger partial charge in [0.05, 0.1) is 27.5 Å². The second-order valence-electron chi connectivity index (χ2n) is 4.82. The molecule has 1 heterocycles. The molecule has 0 spiro atoms. The van der Waals surface area contributed by atoms with Crippen LogP contribution >= 0.6 is 34.8 Å². The highest BCUT2D eigenvalue weighted by Crippen LogP contribution is 2.36. The van der Waals surface area contributed by atoms with Crippen LogP contribution in [-0.4, -0.2) is 9.78 Å². The monoisotopic (exact) mass is 331 g/mol. The second kappa shape index (κ2) is 5.84. The third-order valence-corrected chi connectivity index (χ3v) is 4.18. The first kappa shape index (κ1) is 15.5. The van der Waals surface area contributed by atoms with Gasteiger partial charge in [-0.25, -0.2) is 0 Å². The fourth-order valence-corrected chi connectivity index (χ4v) is 3.31. The molecule has 1 aromatic carbocycles. The van der Waals surface area contributed by atoms with Crippen molar-refractivity contribution in [2.45, 2.75) is 26.8 Å². The largest absolute Gasteiger partial charge is 0.376 e. The lowest BCUT2D eigenvalue weighted by atomic mass is 10.1. The molecule has 0 amide bonds. The van der Waals surface area contributed by atoms with Gasteiger partial charge in [0.25, 0.3) is 0 Å². The van der Waals surface area contributed by atoms with Crippen molar-refractivity contribution in [2.75, 3.05) is 5.32 Å². The van der Waals surface area contributed by atoms with Crippen LogP contribution in [0.5, 0.6) is 0 Å². The summed E-state index contributed by atoms with van der Waals surface area (Å²) in [4.78, 5) is 0. The van der Waals surface area contributed by atoms with Crippen LogP contribution in [0.4, 0.5) is 5.69 Å². The Kier molecular flexibility index (Phi) is 4.52. The van der Waals surface area contributed by atoms with Gasteiger partial charge in [-0.05, 0) is 32.9 Å². The fourth-order valence-electron chi connectivity index (χ4n) is 2.39. The highest BCUT2D eigenvalue weighted by molar-refractivity contribution is 6.41. The lowest BCUT2D eigenvalue weighted by Gasteiger charge is -2.18. The molecule has 0 saturated carbocycles. The van der Waals surface area contributed by atoms with Crippen LogP contribution in [-0.2, 0) is 7.05 Å². The summed E-state index contributed by atoms with van der Waals surface area (Å²) in [7, 11) is 1.93. The number of rotatable bonds is 3. The van der Waals surface area contributed by atoms with Gasteiger partial charge < -0.3 is 5.32 Å². The minimum Gasteiger partial charge on any atom is -0.376 e. The van der Waals surface area contributed by atoms with Crippen LogP contribution in [0, 0.1) is 13.8 Å². The molecule has 0 aliphatic carbocycles. The van der Waals surface area contributed by atoms with Crippen LogP contribution in [0.2, 0.25) is 15.1 Å². The van der Waals surface area contributed by atoms with Crippen LogP contribution in [0.1, 0.15) is 29.9 Å². The average molecular weight is 333 g/mol. The van der Waals surface area contributed by atoms with Gasteiger partial charge in [-0.2, -0.15) is 5.10 Å². The van der Waals surface area contributed by atoms with E-state index in [0.29, 0.717) is 20.8 Å². The van der Waals surface area contributed by atoms with Gasteiger partial charge in [-0.15, -0.1) is 0 Å². The number of halogens is 3. The van der Waals surface area contributed by atoms with Crippen molar-refractivity contribution in [3.05, 3.63) is 44.2 Å². The van der Waals surface area contributed by atoms with Gasteiger partial charge in [-0.1, -0.05) is 34.8 Å². The van der Waals surface area contributed by atoms with E-state index in [9.17, 15) is 0 Å². The molecule has 108 valence electrons. The number of nitrogens with zero attached hydrogens (tertiary/aromatic N) is 2. The first-order chi connectivity index (χ1) is 9.31. The summed E-state index contributed by atoms with van der Waals surface area (Å²) in [6.45, 7) is 6.09. The summed E-state index contributed by atoms with van der Waals surface area (Å²) in [5.41, 5.74) is 3.94. The van der Waals surface area contributed by atoms with E-state index in [0.717, 1.165) is 17.0 Å². The average Bonchev–Trinajstić information content (AvgIpc) is 2.58. The van der Waals surface area contributed by atoms with Gasteiger partial charge in [0.15, 0.2) is 0 Å². The maximum Gasteiger partial charge on any atom is 0.0724 e. The Morgan fingerprint density at radius 3 is 2.15 bits per heavy atom. The van der Waals surface area contributed by atoms with Crippen LogP contribution in [0.15, 0.2) is 12.1 Å². The molecule has 0 aliphatic heterocycles. The molecule has 3 nitrogen and oxygen atoms in total. The maximum absolute atomic E-state index is 6.20. The first-order valence-corrected chi connectivity index (χ1v) is 7.35. The van der Waals surface area contributed by atoms with Gasteiger partial charge in [0.2, 0.25) is 0 Å². The summed E-state index contributed by atoms with van der Waals surface area (Å²) in [6.07, 6.45) is 0. The van der Waals surface area contributed by atoms with Gasteiger partial charge in [0, 0.05) is 23.3 Å². The number of anilines is 1. The summed E-state index contributed by atoms with van der Waals surface area (Å²) in [5, 5.41) is 9.30. The zero-order valence-electron chi connectivity index (χ0n) is 11.8. The third kappa shape index (κ3) is 2.90. The van der Waals surface area contributed by atoms with Crippen LogP contribution in [0.3, 0.4) is 0 Å². The molecular weight excluding hydrogens is 317 g/mol. The van der Waals surface area contributed by atoms with Crippen molar-refractivity contribution in [1.82, 2.24) is 9.78 Å². The van der Waals surface area contributed by atoms with Crippen molar-refractivity contribution in [1.29, 1.82) is 0 Å². The summed E-state index contributed by atoms with van der Waals surface area (Å²) >= 11 is 18.3. The highest BCUT2D eigenvalue weighted by Gasteiger charge is 2.18. The van der Waals surface area contributed by atoms with Crippen molar-refractivity contribution in [2.24, 2.45) is 7.05 Å². The van der Waals surface area contributed by atoms with Gasteiger partial charge in [-0.3, -0.25) is 4.68 Å². The van der Waals surface area contributed by atoms with Crippen molar-refractivity contribution in [3.8, 4) is 0 Å². The number of aromatic nitrogens is 2. The van der Waals surface area contributed by atoms with Gasteiger partial charge in [0.1, 0.15) is 0 Å². The van der Waals surface area contributed by atoms with E-state index in [4.69, 9.17) is 34.8 Å². The van der Waals surface area contributed by atoms with Crippen molar-refractivity contribution in [3.63, 3.8) is 0 Å². The van der Waals surface area contributed by atoms with Crippen LogP contribution in [0.25, 0.3) is 0 Å². The quantitative estimate of drug-likeness (QED) is 0.840. The molecule has 0 aliphatic rings. The molecule has 2 aromatic rings. The Balaban J connectivity index is 2.35. The van der Waals surface area contributed by atoms with Crippen molar-refractivity contribution < 1.29 is 0 Å². The molecule has 2 rings (SSSR count). The molecule has 1 atom stereocenters. The molecular formula is C14H16Cl3N3. The van der Waals surface area contributed by atoms with Crippen molar-refractivity contribution >= 4 is 40.5 Å². The Labute approximate surface area is 133 Å². The molecule has 20 heavy (non-hydrogen) atoms.